The Morgan fingerprint density at radius 3 is 2.53 bits per heavy atom. The van der Waals surface area contributed by atoms with Crippen molar-refractivity contribution in [2.45, 2.75) is 39.5 Å². The zero-order valence-electron chi connectivity index (χ0n) is 12.6. The molecule has 1 heterocycles. The molecular formula is C17H28N2. The van der Waals surface area contributed by atoms with Crippen molar-refractivity contribution in [3.8, 4) is 0 Å². The van der Waals surface area contributed by atoms with Crippen LogP contribution in [-0.4, -0.2) is 37.6 Å². The molecule has 0 saturated heterocycles. The van der Waals surface area contributed by atoms with Crippen molar-refractivity contribution in [3.63, 3.8) is 0 Å². The first-order valence-electron chi connectivity index (χ1n) is 7.90. The summed E-state index contributed by atoms with van der Waals surface area (Å²) in [5.41, 5.74) is 3.01. The highest BCUT2D eigenvalue weighted by Crippen LogP contribution is 2.26. The molecule has 0 bridgehead atoms. The van der Waals surface area contributed by atoms with E-state index in [9.17, 15) is 0 Å². The van der Waals surface area contributed by atoms with Gasteiger partial charge in [0.2, 0.25) is 0 Å². The lowest BCUT2D eigenvalue weighted by Crippen LogP contribution is -2.38. The molecule has 0 atom stereocenters. The average Bonchev–Trinajstić information content (AvgIpc) is 2.45. The van der Waals surface area contributed by atoms with Crippen LogP contribution in [0.1, 0.15) is 38.7 Å². The number of para-hydroxylation sites is 1. The zero-order chi connectivity index (χ0) is 13.5. The van der Waals surface area contributed by atoms with E-state index in [-0.39, 0.29) is 0 Å². The third-order valence-electron chi connectivity index (χ3n) is 3.97. The smallest absolute Gasteiger partial charge is 0.0399 e. The maximum atomic E-state index is 2.61. The number of nitrogens with zero attached hydrogens (tertiary/aromatic N) is 2. The van der Waals surface area contributed by atoms with Crippen molar-refractivity contribution >= 4 is 5.69 Å². The van der Waals surface area contributed by atoms with Gasteiger partial charge in [-0.05, 0) is 50.4 Å². The van der Waals surface area contributed by atoms with Crippen molar-refractivity contribution < 1.29 is 0 Å². The maximum Gasteiger partial charge on any atom is 0.0399 e. The van der Waals surface area contributed by atoms with Gasteiger partial charge in [-0.15, -0.1) is 0 Å². The van der Waals surface area contributed by atoms with E-state index in [2.05, 4.69) is 47.9 Å². The molecule has 1 aromatic carbocycles. The van der Waals surface area contributed by atoms with Crippen LogP contribution >= 0.6 is 0 Å². The van der Waals surface area contributed by atoms with Crippen LogP contribution in [0.2, 0.25) is 0 Å². The summed E-state index contributed by atoms with van der Waals surface area (Å²) in [6, 6.07) is 8.92. The second kappa shape index (κ2) is 7.54. The Kier molecular flexibility index (Phi) is 5.71. The van der Waals surface area contributed by atoms with E-state index in [1.54, 1.807) is 0 Å². The molecule has 0 fully saturated rings. The molecule has 19 heavy (non-hydrogen) atoms. The third kappa shape index (κ3) is 3.97. The Morgan fingerprint density at radius 1 is 1.05 bits per heavy atom. The van der Waals surface area contributed by atoms with Crippen molar-refractivity contribution in [2.75, 3.05) is 37.6 Å². The van der Waals surface area contributed by atoms with Crippen LogP contribution in [-0.2, 0) is 6.42 Å². The van der Waals surface area contributed by atoms with Crippen LogP contribution in [0.3, 0.4) is 0 Å². The van der Waals surface area contributed by atoms with E-state index in [1.807, 2.05) is 0 Å². The second-order valence-electron chi connectivity index (χ2n) is 5.56. The Bertz CT molecular complexity index is 369. The molecule has 1 aliphatic heterocycles. The molecule has 0 amide bonds. The van der Waals surface area contributed by atoms with Gasteiger partial charge in [0.25, 0.3) is 0 Å². The SMILES string of the molecule is CCCN(CCC)CCN1CCCc2ccccc21. The molecule has 2 nitrogen and oxygen atoms in total. The van der Waals surface area contributed by atoms with Gasteiger partial charge < -0.3 is 9.80 Å². The van der Waals surface area contributed by atoms with E-state index in [4.69, 9.17) is 0 Å². The number of rotatable bonds is 7. The number of anilines is 1. The standard InChI is InChI=1S/C17H28N2/c1-3-11-18(12-4-2)14-15-19-13-7-9-16-8-5-6-10-17(16)19/h5-6,8,10H,3-4,7,9,11-15H2,1-2H3. The summed E-state index contributed by atoms with van der Waals surface area (Å²) in [6.07, 6.45) is 5.08. The van der Waals surface area contributed by atoms with Crippen LogP contribution in [0.5, 0.6) is 0 Å². The van der Waals surface area contributed by atoms with Crippen molar-refractivity contribution in [1.29, 1.82) is 0 Å². The Hall–Kier alpha value is -1.02. The summed E-state index contributed by atoms with van der Waals surface area (Å²) in [7, 11) is 0. The number of hydrogen-bond acceptors (Lipinski definition) is 2. The van der Waals surface area contributed by atoms with Crippen LogP contribution in [0.25, 0.3) is 0 Å². The van der Waals surface area contributed by atoms with E-state index < -0.39 is 0 Å². The van der Waals surface area contributed by atoms with Gasteiger partial charge in [-0.3, -0.25) is 0 Å². The molecule has 0 aliphatic carbocycles. The highest BCUT2D eigenvalue weighted by atomic mass is 15.2. The van der Waals surface area contributed by atoms with Gasteiger partial charge in [0.1, 0.15) is 0 Å². The summed E-state index contributed by atoms with van der Waals surface area (Å²) < 4.78 is 0. The van der Waals surface area contributed by atoms with E-state index in [1.165, 1.54) is 69.7 Å². The lowest BCUT2D eigenvalue weighted by atomic mass is 10.0. The molecule has 0 aromatic heterocycles. The van der Waals surface area contributed by atoms with Crippen molar-refractivity contribution in [1.82, 2.24) is 4.90 Å². The Balaban J connectivity index is 1.92. The summed E-state index contributed by atoms with van der Waals surface area (Å²) in [5.74, 6) is 0. The summed E-state index contributed by atoms with van der Waals surface area (Å²) >= 11 is 0. The number of aryl methyl sites for hydroxylation is 1. The predicted octanol–water partition coefficient (Wildman–Crippen LogP) is 3.56. The fraction of sp³-hybridized carbons (Fsp3) is 0.647. The first-order chi connectivity index (χ1) is 9.35. The summed E-state index contributed by atoms with van der Waals surface area (Å²) in [5, 5.41) is 0. The quantitative estimate of drug-likeness (QED) is 0.739. The zero-order valence-corrected chi connectivity index (χ0v) is 12.6. The maximum absolute atomic E-state index is 2.61. The summed E-state index contributed by atoms with van der Waals surface area (Å²) in [4.78, 5) is 5.19. The normalized spacial score (nSPS) is 14.8. The molecule has 0 saturated carbocycles. The third-order valence-corrected chi connectivity index (χ3v) is 3.97. The molecule has 2 heteroatoms. The van der Waals surface area contributed by atoms with E-state index in [0.29, 0.717) is 0 Å². The monoisotopic (exact) mass is 260 g/mol. The first-order valence-corrected chi connectivity index (χ1v) is 7.90. The minimum absolute atomic E-state index is 1.18. The van der Waals surface area contributed by atoms with Crippen molar-refractivity contribution in [3.05, 3.63) is 29.8 Å². The molecule has 106 valence electrons. The fourth-order valence-electron chi connectivity index (χ4n) is 3.07. The van der Waals surface area contributed by atoms with Crippen molar-refractivity contribution in [2.24, 2.45) is 0 Å². The Morgan fingerprint density at radius 2 is 1.79 bits per heavy atom. The molecule has 2 rings (SSSR count). The van der Waals surface area contributed by atoms with E-state index >= 15 is 0 Å². The largest absolute Gasteiger partial charge is 0.370 e. The topological polar surface area (TPSA) is 6.48 Å². The van der Waals surface area contributed by atoms with Gasteiger partial charge in [0.05, 0.1) is 0 Å². The minimum Gasteiger partial charge on any atom is -0.370 e. The molecular weight excluding hydrogens is 232 g/mol. The second-order valence-corrected chi connectivity index (χ2v) is 5.56. The van der Waals surface area contributed by atoms with Crippen LogP contribution in [0, 0.1) is 0 Å². The Labute approximate surface area is 118 Å². The van der Waals surface area contributed by atoms with Gasteiger partial charge in [-0.1, -0.05) is 32.0 Å². The van der Waals surface area contributed by atoms with E-state index in [0.717, 1.165) is 0 Å². The predicted molar refractivity (Wildman–Crippen MR) is 84.0 cm³/mol. The highest BCUT2D eigenvalue weighted by molar-refractivity contribution is 5.55. The first kappa shape index (κ1) is 14.4. The summed E-state index contributed by atoms with van der Waals surface area (Å²) in [6.45, 7) is 10.6. The van der Waals surface area contributed by atoms with Gasteiger partial charge in [-0.25, -0.2) is 0 Å². The fourth-order valence-corrected chi connectivity index (χ4v) is 3.07. The average molecular weight is 260 g/mol. The molecule has 0 radical (unpaired) electrons. The molecule has 0 N–H and O–H groups in total. The van der Waals surface area contributed by atoms with Gasteiger partial charge in [0.15, 0.2) is 0 Å². The van der Waals surface area contributed by atoms with Gasteiger partial charge in [-0.2, -0.15) is 0 Å². The lowest BCUT2D eigenvalue weighted by molar-refractivity contribution is 0.279. The minimum atomic E-state index is 1.18. The molecule has 0 unspecified atom stereocenters. The number of hydrogen-bond donors (Lipinski definition) is 0. The molecule has 1 aromatic rings. The number of fused-ring (bicyclic) bond motifs is 1. The molecule has 0 spiro atoms. The lowest BCUT2D eigenvalue weighted by Gasteiger charge is -2.33. The van der Waals surface area contributed by atoms with Crippen LogP contribution in [0.4, 0.5) is 5.69 Å². The van der Waals surface area contributed by atoms with Gasteiger partial charge in [0, 0.05) is 25.3 Å². The highest BCUT2D eigenvalue weighted by Gasteiger charge is 2.16. The van der Waals surface area contributed by atoms with Crippen LogP contribution < -0.4 is 4.90 Å². The number of benzene rings is 1. The molecule has 1 aliphatic rings. The van der Waals surface area contributed by atoms with Crippen LogP contribution in [0.15, 0.2) is 24.3 Å². The van der Waals surface area contributed by atoms with Gasteiger partial charge >= 0.3 is 0 Å².